The molecule has 1 N–H and O–H groups in total. The van der Waals surface area contributed by atoms with Gasteiger partial charge >= 0.3 is 23.9 Å². The molecule has 0 bridgehead atoms. The molecular weight excluding hydrogens is 367 g/mol. The molecule has 0 heterocycles. The predicted octanol–water partition coefficient (Wildman–Crippen LogP) is 5.31. The van der Waals surface area contributed by atoms with Gasteiger partial charge in [0.1, 0.15) is 0 Å². The number of aliphatic hydroxyl groups is 1. The van der Waals surface area contributed by atoms with Crippen molar-refractivity contribution in [1.82, 2.24) is 0 Å². The molecule has 10 heteroatoms. The highest BCUT2D eigenvalue weighted by Crippen LogP contribution is 2.55. The number of hydrogen-bond donors (Lipinski definition) is 1. The molecule has 0 saturated carbocycles. The van der Waals surface area contributed by atoms with Gasteiger partial charge in [-0.25, -0.2) is 0 Å². The van der Waals surface area contributed by atoms with Crippen LogP contribution in [0.5, 0.6) is 0 Å². The van der Waals surface area contributed by atoms with Gasteiger partial charge < -0.3 is 5.11 Å². The van der Waals surface area contributed by atoms with Crippen LogP contribution in [-0.2, 0) is 12.0 Å². The maximum absolute atomic E-state index is 13.7. The maximum atomic E-state index is 13.7. The standard InChI is InChI=1S/C15H15F9O/c1-3-9-5-4-6-10(7-9)11(2,25)8-12(16,17)13(18,19)14(20,21)15(22,23)24/h4-7,25H,3,8H2,1-2H3. The molecule has 0 aliphatic rings. The van der Waals surface area contributed by atoms with Crippen LogP contribution >= 0.6 is 0 Å². The van der Waals surface area contributed by atoms with Crippen LogP contribution in [0.1, 0.15) is 31.4 Å². The van der Waals surface area contributed by atoms with E-state index in [-0.39, 0.29) is 5.56 Å². The van der Waals surface area contributed by atoms with Crippen LogP contribution in [0.2, 0.25) is 0 Å². The predicted molar refractivity (Wildman–Crippen MR) is 70.9 cm³/mol. The first-order valence-corrected chi connectivity index (χ1v) is 7.01. The van der Waals surface area contributed by atoms with Crippen molar-refractivity contribution in [1.29, 1.82) is 0 Å². The van der Waals surface area contributed by atoms with Crippen LogP contribution in [0.3, 0.4) is 0 Å². The smallest absolute Gasteiger partial charge is 0.385 e. The number of aryl methyl sites for hydroxylation is 1. The highest BCUT2D eigenvalue weighted by atomic mass is 19.4. The van der Waals surface area contributed by atoms with Gasteiger partial charge in [0.2, 0.25) is 0 Å². The van der Waals surface area contributed by atoms with Crippen LogP contribution in [0.15, 0.2) is 24.3 Å². The molecular formula is C15H15F9O. The highest BCUT2D eigenvalue weighted by Gasteiger charge is 2.81. The number of hydrogen-bond acceptors (Lipinski definition) is 1. The molecule has 0 radical (unpaired) electrons. The first kappa shape index (κ1) is 21.6. The Hall–Kier alpha value is -1.45. The van der Waals surface area contributed by atoms with Crippen molar-refractivity contribution < 1.29 is 44.6 Å². The molecule has 1 aromatic carbocycles. The normalized spacial score (nSPS) is 16.6. The SMILES string of the molecule is CCc1cccc(C(C)(O)CC(F)(F)C(F)(F)C(F)(F)C(F)(F)F)c1. The Morgan fingerprint density at radius 3 is 1.84 bits per heavy atom. The Morgan fingerprint density at radius 2 is 1.40 bits per heavy atom. The molecule has 0 saturated heterocycles. The Bertz CT molecular complexity index is 605. The van der Waals surface area contributed by atoms with Crippen molar-refractivity contribution in [3.05, 3.63) is 35.4 Å². The summed E-state index contributed by atoms with van der Waals surface area (Å²) in [7, 11) is 0. The van der Waals surface area contributed by atoms with Crippen LogP contribution < -0.4 is 0 Å². The van der Waals surface area contributed by atoms with E-state index in [0.717, 1.165) is 6.07 Å². The molecule has 1 atom stereocenters. The second-order valence-electron chi connectivity index (χ2n) is 5.86. The molecule has 0 spiro atoms. The van der Waals surface area contributed by atoms with Gasteiger partial charge in [0.25, 0.3) is 0 Å². The quantitative estimate of drug-likeness (QED) is 0.661. The number of alkyl halides is 9. The van der Waals surface area contributed by atoms with Crippen molar-refractivity contribution in [3.8, 4) is 0 Å². The zero-order valence-electron chi connectivity index (χ0n) is 13.1. The number of rotatable bonds is 6. The average Bonchev–Trinajstić information content (AvgIpc) is 2.44. The van der Waals surface area contributed by atoms with E-state index in [1.165, 1.54) is 18.2 Å². The van der Waals surface area contributed by atoms with Gasteiger partial charge in [-0.05, 0) is 24.5 Å². The lowest BCUT2D eigenvalue weighted by Gasteiger charge is -2.37. The number of halogens is 9. The largest absolute Gasteiger partial charge is 0.460 e. The molecule has 0 amide bonds. The van der Waals surface area contributed by atoms with Crippen molar-refractivity contribution in [2.45, 2.75) is 56.2 Å². The molecule has 0 aliphatic carbocycles. The molecule has 144 valence electrons. The zero-order valence-corrected chi connectivity index (χ0v) is 13.1. The summed E-state index contributed by atoms with van der Waals surface area (Å²) in [4.78, 5) is 0. The van der Waals surface area contributed by atoms with Gasteiger partial charge in [-0.1, -0.05) is 31.2 Å². The van der Waals surface area contributed by atoms with E-state index in [4.69, 9.17) is 0 Å². The van der Waals surface area contributed by atoms with E-state index >= 15 is 0 Å². The second kappa shape index (κ2) is 6.37. The summed E-state index contributed by atoms with van der Waals surface area (Å²) in [6, 6.07) is 5.10. The van der Waals surface area contributed by atoms with Crippen molar-refractivity contribution in [2.75, 3.05) is 0 Å². The molecule has 1 aromatic rings. The van der Waals surface area contributed by atoms with E-state index in [0.29, 0.717) is 18.9 Å². The van der Waals surface area contributed by atoms with Gasteiger partial charge in [-0.3, -0.25) is 0 Å². The monoisotopic (exact) mass is 382 g/mol. The fourth-order valence-corrected chi connectivity index (χ4v) is 2.18. The Morgan fingerprint density at radius 1 is 0.880 bits per heavy atom. The molecule has 0 aliphatic heterocycles. The third-order valence-electron chi connectivity index (χ3n) is 3.73. The molecule has 0 aromatic heterocycles. The zero-order chi connectivity index (χ0) is 19.9. The lowest BCUT2D eigenvalue weighted by atomic mass is 9.85. The molecule has 25 heavy (non-hydrogen) atoms. The fraction of sp³-hybridized carbons (Fsp3) is 0.600. The lowest BCUT2D eigenvalue weighted by molar-refractivity contribution is -0.400. The molecule has 1 rings (SSSR count). The van der Waals surface area contributed by atoms with Gasteiger partial charge in [-0.2, -0.15) is 39.5 Å². The fourth-order valence-electron chi connectivity index (χ4n) is 2.18. The topological polar surface area (TPSA) is 20.2 Å². The summed E-state index contributed by atoms with van der Waals surface area (Å²) in [5.41, 5.74) is -2.55. The maximum Gasteiger partial charge on any atom is 0.460 e. The van der Waals surface area contributed by atoms with Gasteiger partial charge in [0.05, 0.1) is 12.0 Å². The van der Waals surface area contributed by atoms with Crippen LogP contribution in [-0.4, -0.2) is 29.1 Å². The van der Waals surface area contributed by atoms with Crippen LogP contribution in [0.25, 0.3) is 0 Å². The van der Waals surface area contributed by atoms with Crippen molar-refractivity contribution in [2.24, 2.45) is 0 Å². The van der Waals surface area contributed by atoms with E-state index in [9.17, 15) is 44.6 Å². The van der Waals surface area contributed by atoms with Crippen molar-refractivity contribution in [3.63, 3.8) is 0 Å². The van der Waals surface area contributed by atoms with Crippen LogP contribution in [0.4, 0.5) is 39.5 Å². The minimum absolute atomic E-state index is 0.308. The van der Waals surface area contributed by atoms with Gasteiger partial charge in [0.15, 0.2) is 0 Å². The lowest BCUT2D eigenvalue weighted by Crippen LogP contribution is -2.62. The number of benzene rings is 1. The summed E-state index contributed by atoms with van der Waals surface area (Å²) in [6.07, 6.45) is -8.82. The van der Waals surface area contributed by atoms with Gasteiger partial charge in [0, 0.05) is 0 Å². The van der Waals surface area contributed by atoms with E-state index in [1.807, 2.05) is 0 Å². The molecule has 1 nitrogen and oxygen atoms in total. The van der Waals surface area contributed by atoms with E-state index < -0.39 is 36.0 Å². The van der Waals surface area contributed by atoms with E-state index in [2.05, 4.69) is 0 Å². The first-order valence-electron chi connectivity index (χ1n) is 7.01. The molecule has 1 unspecified atom stereocenters. The Kier molecular flexibility index (Phi) is 5.50. The minimum Gasteiger partial charge on any atom is -0.385 e. The summed E-state index contributed by atoms with van der Waals surface area (Å²) < 4.78 is 116. The Labute approximate surface area is 137 Å². The minimum atomic E-state index is -6.97. The summed E-state index contributed by atoms with van der Waals surface area (Å²) >= 11 is 0. The third kappa shape index (κ3) is 3.88. The van der Waals surface area contributed by atoms with Crippen molar-refractivity contribution >= 4 is 0 Å². The second-order valence-corrected chi connectivity index (χ2v) is 5.86. The summed E-state index contributed by atoms with van der Waals surface area (Å²) in [5, 5.41) is 10.0. The molecule has 0 fully saturated rings. The highest BCUT2D eigenvalue weighted by molar-refractivity contribution is 5.28. The summed E-state index contributed by atoms with van der Waals surface area (Å²) in [5.74, 6) is -19.5. The van der Waals surface area contributed by atoms with Gasteiger partial charge in [-0.15, -0.1) is 0 Å². The average molecular weight is 382 g/mol. The summed E-state index contributed by atoms with van der Waals surface area (Å²) in [6.45, 7) is 2.30. The first-order chi connectivity index (χ1) is 11.0. The third-order valence-corrected chi connectivity index (χ3v) is 3.73. The Balaban J connectivity index is 3.25. The van der Waals surface area contributed by atoms with Crippen LogP contribution in [0, 0.1) is 0 Å². The van der Waals surface area contributed by atoms with E-state index in [1.54, 1.807) is 6.92 Å².